The Labute approximate surface area is 184 Å². The predicted octanol–water partition coefficient (Wildman–Crippen LogP) is 3.56. The first kappa shape index (κ1) is 23.0. The average molecular weight is 444 g/mol. The molecule has 0 aliphatic carbocycles. The van der Waals surface area contributed by atoms with Gasteiger partial charge in [-0.15, -0.1) is 0 Å². The molecule has 0 atom stereocenters. The van der Waals surface area contributed by atoms with Gasteiger partial charge in [-0.1, -0.05) is 18.2 Å². The number of carbonyl (C=O) groups excluding carboxylic acids is 1. The van der Waals surface area contributed by atoms with Crippen LogP contribution in [0.5, 0.6) is 5.75 Å². The summed E-state index contributed by atoms with van der Waals surface area (Å²) < 4.78 is 43.9. The van der Waals surface area contributed by atoms with Crippen LogP contribution in [0.1, 0.15) is 11.1 Å². The number of nitriles is 1. The number of rotatable bonds is 6. The maximum absolute atomic E-state index is 13.0. The van der Waals surface area contributed by atoms with Crippen molar-refractivity contribution in [3.05, 3.63) is 71.4 Å². The van der Waals surface area contributed by atoms with Gasteiger partial charge in [0.2, 0.25) is 0 Å². The van der Waals surface area contributed by atoms with Crippen LogP contribution in [-0.4, -0.2) is 44.1 Å². The molecule has 0 spiro atoms. The summed E-state index contributed by atoms with van der Waals surface area (Å²) >= 11 is 0. The Balaban J connectivity index is 1.56. The first-order chi connectivity index (χ1) is 15.3. The van der Waals surface area contributed by atoms with E-state index in [-0.39, 0.29) is 12.1 Å². The Morgan fingerprint density at radius 2 is 1.84 bits per heavy atom. The fourth-order valence-electron chi connectivity index (χ4n) is 3.33. The Morgan fingerprint density at radius 3 is 2.44 bits per heavy atom. The monoisotopic (exact) mass is 444 g/mol. The number of hydrogen-bond acceptors (Lipinski definition) is 5. The number of alkyl halides is 3. The fraction of sp³-hybridized carbons (Fsp3) is 0.304. The van der Waals surface area contributed by atoms with Crippen LogP contribution in [0.4, 0.5) is 18.9 Å². The highest BCUT2D eigenvalue weighted by molar-refractivity contribution is 5.97. The highest BCUT2D eigenvalue weighted by Gasteiger charge is 2.31. The van der Waals surface area contributed by atoms with Gasteiger partial charge in [0.05, 0.1) is 12.7 Å². The van der Waals surface area contributed by atoms with Gasteiger partial charge in [0.1, 0.15) is 17.4 Å². The maximum atomic E-state index is 13.0. The quantitative estimate of drug-likeness (QED) is 0.545. The van der Waals surface area contributed by atoms with Crippen molar-refractivity contribution in [1.82, 2.24) is 10.2 Å². The second kappa shape index (κ2) is 10.1. The molecule has 1 aliphatic rings. The molecule has 3 rings (SSSR count). The van der Waals surface area contributed by atoms with E-state index in [9.17, 15) is 23.2 Å². The number of hydrogen-bond donors (Lipinski definition) is 1. The van der Waals surface area contributed by atoms with Crippen molar-refractivity contribution in [3.63, 3.8) is 0 Å². The normalized spacial score (nSPS) is 14.7. The lowest BCUT2D eigenvalue weighted by atomic mass is 10.1. The van der Waals surface area contributed by atoms with Gasteiger partial charge in [0, 0.05) is 44.6 Å². The van der Waals surface area contributed by atoms with E-state index in [4.69, 9.17) is 4.74 Å². The summed E-state index contributed by atoms with van der Waals surface area (Å²) in [6, 6.07) is 14.4. The lowest BCUT2D eigenvalue weighted by molar-refractivity contribution is -0.137. The van der Waals surface area contributed by atoms with Crippen molar-refractivity contribution < 1.29 is 22.7 Å². The third-order valence-corrected chi connectivity index (χ3v) is 5.14. The summed E-state index contributed by atoms with van der Waals surface area (Å²) in [6.45, 7) is 2.18. The van der Waals surface area contributed by atoms with E-state index in [1.54, 1.807) is 25.3 Å². The van der Waals surface area contributed by atoms with Crippen molar-refractivity contribution in [1.29, 1.82) is 5.26 Å². The van der Waals surface area contributed by atoms with Gasteiger partial charge >= 0.3 is 6.18 Å². The molecule has 1 heterocycles. The lowest BCUT2D eigenvalue weighted by Gasteiger charge is -2.35. The van der Waals surface area contributed by atoms with Gasteiger partial charge in [-0.05, 0) is 35.9 Å². The minimum absolute atomic E-state index is 0.0222. The zero-order valence-corrected chi connectivity index (χ0v) is 17.5. The number of amides is 1. The van der Waals surface area contributed by atoms with Crippen molar-refractivity contribution in [3.8, 4) is 11.8 Å². The molecule has 0 unspecified atom stereocenters. The largest absolute Gasteiger partial charge is 0.497 e. The van der Waals surface area contributed by atoms with Crippen molar-refractivity contribution in [2.75, 3.05) is 38.2 Å². The maximum Gasteiger partial charge on any atom is 0.416 e. The molecule has 0 saturated carbocycles. The molecule has 1 N–H and O–H groups in total. The molecule has 9 heteroatoms. The first-order valence-electron chi connectivity index (χ1n) is 9.99. The molecular formula is C23H23F3N4O2. The average Bonchev–Trinajstić information content (AvgIpc) is 2.81. The molecule has 32 heavy (non-hydrogen) atoms. The Morgan fingerprint density at radius 1 is 1.16 bits per heavy atom. The second-order valence-electron chi connectivity index (χ2n) is 7.26. The topological polar surface area (TPSA) is 68.6 Å². The molecule has 1 fully saturated rings. The zero-order valence-electron chi connectivity index (χ0n) is 17.5. The fourth-order valence-corrected chi connectivity index (χ4v) is 3.33. The minimum atomic E-state index is -4.39. The van der Waals surface area contributed by atoms with Crippen LogP contribution >= 0.6 is 0 Å². The highest BCUT2D eigenvalue weighted by Crippen LogP contribution is 2.31. The van der Waals surface area contributed by atoms with Crippen LogP contribution < -0.4 is 15.0 Å². The van der Waals surface area contributed by atoms with E-state index >= 15 is 0 Å². The van der Waals surface area contributed by atoms with Crippen LogP contribution in [0, 0.1) is 11.3 Å². The number of methoxy groups -OCH3 is 1. The zero-order chi connectivity index (χ0) is 23.1. The smallest absolute Gasteiger partial charge is 0.416 e. The Kier molecular flexibility index (Phi) is 7.25. The van der Waals surface area contributed by atoms with Crippen molar-refractivity contribution in [2.45, 2.75) is 12.7 Å². The Bertz CT molecular complexity index is 1010. The third-order valence-electron chi connectivity index (χ3n) is 5.14. The van der Waals surface area contributed by atoms with Crippen LogP contribution in [0.25, 0.3) is 0 Å². The second-order valence-corrected chi connectivity index (χ2v) is 7.26. The van der Waals surface area contributed by atoms with Crippen molar-refractivity contribution in [2.24, 2.45) is 0 Å². The summed E-state index contributed by atoms with van der Waals surface area (Å²) in [5, 5.41) is 12.1. The number of ether oxygens (including phenoxy) is 1. The number of nitrogens with one attached hydrogen (secondary N) is 1. The van der Waals surface area contributed by atoms with Crippen LogP contribution in [-0.2, 0) is 17.5 Å². The number of benzene rings is 2. The molecule has 1 amide bonds. The summed E-state index contributed by atoms with van der Waals surface area (Å²) in [7, 11) is 1.57. The highest BCUT2D eigenvalue weighted by atomic mass is 19.4. The van der Waals surface area contributed by atoms with Gasteiger partial charge in [0.25, 0.3) is 5.91 Å². The molecule has 0 bridgehead atoms. The molecule has 0 radical (unpaired) electrons. The number of anilines is 1. The molecule has 2 aromatic rings. The van der Waals surface area contributed by atoms with Gasteiger partial charge < -0.3 is 19.9 Å². The summed E-state index contributed by atoms with van der Waals surface area (Å²) in [5.41, 5.74) is 0.663. The Hall–Kier alpha value is -3.67. The summed E-state index contributed by atoms with van der Waals surface area (Å²) in [6.07, 6.45) is -2.88. The third kappa shape index (κ3) is 5.94. The van der Waals surface area contributed by atoms with Crippen molar-refractivity contribution >= 4 is 11.6 Å². The van der Waals surface area contributed by atoms with Crippen LogP contribution in [0.2, 0.25) is 0 Å². The SMILES string of the molecule is COc1ccc(CNC(=O)C(C#N)=CN2CCN(c3cccc(C(F)(F)F)c3)CC2)cc1. The van der Waals surface area contributed by atoms with Gasteiger partial charge in [-0.25, -0.2) is 0 Å². The molecule has 1 aliphatic heterocycles. The van der Waals surface area contributed by atoms with E-state index < -0.39 is 17.6 Å². The minimum Gasteiger partial charge on any atom is -0.497 e. The summed E-state index contributed by atoms with van der Waals surface area (Å²) in [5.74, 6) is 0.227. The molecule has 168 valence electrons. The molecule has 1 saturated heterocycles. The van der Waals surface area contributed by atoms with Gasteiger partial charge in [-0.2, -0.15) is 18.4 Å². The van der Waals surface area contributed by atoms with E-state index in [1.165, 1.54) is 12.3 Å². The standard InChI is InChI=1S/C23H23F3N4O2/c1-32-21-7-5-17(6-8-21)15-28-22(31)18(14-27)16-29-9-11-30(12-10-29)20-4-2-3-19(13-20)23(24,25)26/h2-8,13,16H,9-12,15H2,1H3,(H,28,31). The number of nitrogens with zero attached hydrogens (tertiary/aromatic N) is 3. The number of carbonyl (C=O) groups is 1. The number of piperazine rings is 1. The van der Waals surface area contributed by atoms with E-state index in [0.29, 0.717) is 37.6 Å². The molecule has 0 aromatic heterocycles. The van der Waals surface area contributed by atoms with E-state index in [0.717, 1.165) is 17.7 Å². The molecule has 2 aromatic carbocycles. The number of halogens is 3. The lowest BCUT2D eigenvalue weighted by Crippen LogP contribution is -2.44. The van der Waals surface area contributed by atoms with Crippen LogP contribution in [0.15, 0.2) is 60.3 Å². The predicted molar refractivity (Wildman–Crippen MR) is 114 cm³/mol. The first-order valence-corrected chi connectivity index (χ1v) is 9.99. The van der Waals surface area contributed by atoms with Crippen LogP contribution in [0.3, 0.4) is 0 Å². The van der Waals surface area contributed by atoms with E-state index in [2.05, 4.69) is 5.32 Å². The molecule has 6 nitrogen and oxygen atoms in total. The van der Waals surface area contributed by atoms with Gasteiger partial charge in [-0.3, -0.25) is 4.79 Å². The van der Waals surface area contributed by atoms with Gasteiger partial charge in [0.15, 0.2) is 0 Å². The van der Waals surface area contributed by atoms with E-state index in [1.807, 2.05) is 28.0 Å². The summed E-state index contributed by atoms with van der Waals surface area (Å²) in [4.78, 5) is 16.1. The molecular weight excluding hydrogens is 421 g/mol.